The second-order valence-electron chi connectivity index (χ2n) is 7.59. The molecule has 0 saturated heterocycles. The van der Waals surface area contributed by atoms with E-state index in [9.17, 15) is 13.5 Å². The Bertz CT molecular complexity index is 1390. The van der Waals surface area contributed by atoms with Gasteiger partial charge in [-0.2, -0.15) is 5.10 Å². The third-order valence-electron chi connectivity index (χ3n) is 5.06. The molecule has 0 fully saturated rings. The first-order valence-electron chi connectivity index (χ1n) is 10.5. The van der Waals surface area contributed by atoms with Crippen molar-refractivity contribution in [2.45, 2.75) is 11.0 Å². The van der Waals surface area contributed by atoms with Crippen molar-refractivity contribution < 1.29 is 18.3 Å². The van der Waals surface area contributed by atoms with E-state index in [4.69, 9.17) is 22.1 Å². The summed E-state index contributed by atoms with van der Waals surface area (Å²) in [5, 5.41) is 21.8. The molecule has 0 aliphatic rings. The molecule has 4 aromatic rings. The molecule has 3 aromatic carbocycles. The monoisotopic (exact) mass is 501 g/mol. The van der Waals surface area contributed by atoms with E-state index < -0.39 is 16.1 Å². The van der Waals surface area contributed by atoms with Crippen LogP contribution in [0.15, 0.2) is 71.6 Å². The van der Waals surface area contributed by atoms with Gasteiger partial charge in [-0.25, -0.2) is 8.42 Å². The molecule has 9 nitrogen and oxygen atoms in total. The minimum Gasteiger partial charge on any atom is -0.492 e. The van der Waals surface area contributed by atoms with Gasteiger partial charge in [0.25, 0.3) is 10.0 Å². The molecule has 0 saturated carbocycles. The van der Waals surface area contributed by atoms with Crippen molar-refractivity contribution in [2.24, 2.45) is 0 Å². The lowest BCUT2D eigenvalue weighted by Gasteiger charge is -2.15. The number of aromatic nitrogens is 2. The van der Waals surface area contributed by atoms with Crippen LogP contribution in [0.5, 0.6) is 5.75 Å². The summed E-state index contributed by atoms with van der Waals surface area (Å²) in [6.45, 7) is 1.15. The van der Waals surface area contributed by atoms with Gasteiger partial charge in [-0.05, 0) is 48.0 Å². The molecule has 0 bridgehead atoms. The Morgan fingerprint density at radius 3 is 2.76 bits per heavy atom. The number of nitrogens with two attached hydrogens (primary N) is 1. The van der Waals surface area contributed by atoms with Crippen LogP contribution in [0.2, 0.25) is 5.15 Å². The molecule has 178 valence electrons. The molecule has 34 heavy (non-hydrogen) atoms. The molecule has 0 aliphatic carbocycles. The van der Waals surface area contributed by atoms with E-state index in [0.29, 0.717) is 41.0 Å². The first kappa shape index (κ1) is 23.8. The minimum atomic E-state index is -3.80. The van der Waals surface area contributed by atoms with Gasteiger partial charge in [-0.3, -0.25) is 9.82 Å². The summed E-state index contributed by atoms with van der Waals surface area (Å²) in [6.07, 6.45) is -0.834. The number of rotatable bonds is 10. The molecule has 1 unspecified atom stereocenters. The standard InChI is InChI=1S/C23H24ClN5O4S/c24-23-20-8-7-18(13-21(20)27-28-23)33-10-9-26-14-22(30)15-3-1-5-17(11-15)29-34(31,32)19-6-2-4-16(25)12-19/h1-8,11-13,22,26,29-30H,9-10,14,25H2,(H,27,28). The summed E-state index contributed by atoms with van der Waals surface area (Å²) in [5.41, 5.74) is 7.68. The van der Waals surface area contributed by atoms with Crippen LogP contribution < -0.4 is 20.5 Å². The zero-order valence-electron chi connectivity index (χ0n) is 18.0. The molecule has 1 atom stereocenters. The fraction of sp³-hybridized carbons (Fsp3) is 0.174. The lowest BCUT2D eigenvalue weighted by atomic mass is 10.1. The third-order valence-corrected chi connectivity index (χ3v) is 6.72. The zero-order chi connectivity index (χ0) is 24.1. The fourth-order valence-corrected chi connectivity index (χ4v) is 4.66. The van der Waals surface area contributed by atoms with Gasteiger partial charge in [-0.1, -0.05) is 29.8 Å². The average Bonchev–Trinajstić information content (AvgIpc) is 3.18. The number of aliphatic hydroxyl groups excluding tert-OH is 1. The Morgan fingerprint density at radius 2 is 1.94 bits per heavy atom. The third kappa shape index (κ3) is 5.78. The van der Waals surface area contributed by atoms with E-state index in [0.717, 1.165) is 10.9 Å². The van der Waals surface area contributed by atoms with Gasteiger partial charge < -0.3 is 20.9 Å². The quantitative estimate of drug-likeness (QED) is 0.166. The number of hydrogen-bond acceptors (Lipinski definition) is 7. The van der Waals surface area contributed by atoms with Crippen LogP contribution in [-0.2, 0) is 10.0 Å². The maximum absolute atomic E-state index is 12.6. The summed E-state index contributed by atoms with van der Waals surface area (Å²) in [4.78, 5) is 0.0645. The van der Waals surface area contributed by atoms with Gasteiger partial charge in [0.15, 0.2) is 0 Å². The molecule has 4 rings (SSSR count). The topological polar surface area (TPSA) is 142 Å². The van der Waals surface area contributed by atoms with Crippen LogP contribution in [0.1, 0.15) is 11.7 Å². The predicted molar refractivity (Wildman–Crippen MR) is 133 cm³/mol. The Hall–Kier alpha value is -3.31. The van der Waals surface area contributed by atoms with Gasteiger partial charge in [0.05, 0.1) is 16.5 Å². The summed E-state index contributed by atoms with van der Waals surface area (Å²) in [5.74, 6) is 0.665. The Kier molecular flexibility index (Phi) is 7.23. The number of sulfonamides is 1. The largest absolute Gasteiger partial charge is 0.492 e. The predicted octanol–water partition coefficient (Wildman–Crippen LogP) is 3.30. The van der Waals surface area contributed by atoms with E-state index in [1.807, 2.05) is 12.1 Å². The van der Waals surface area contributed by atoms with Gasteiger partial charge in [0.1, 0.15) is 17.5 Å². The first-order chi connectivity index (χ1) is 16.3. The Morgan fingerprint density at radius 1 is 1.12 bits per heavy atom. The number of halogens is 1. The van der Waals surface area contributed by atoms with Crippen molar-refractivity contribution >= 4 is 43.9 Å². The number of nitrogens with zero attached hydrogens (tertiary/aromatic N) is 1. The van der Waals surface area contributed by atoms with Gasteiger partial charge in [0, 0.05) is 35.9 Å². The highest BCUT2D eigenvalue weighted by Gasteiger charge is 2.15. The van der Waals surface area contributed by atoms with Crippen molar-refractivity contribution in [1.82, 2.24) is 15.5 Å². The van der Waals surface area contributed by atoms with Crippen molar-refractivity contribution in [2.75, 3.05) is 30.2 Å². The number of H-pyrrole nitrogens is 1. The average molecular weight is 502 g/mol. The molecule has 1 heterocycles. The number of aliphatic hydroxyl groups is 1. The molecule has 6 N–H and O–H groups in total. The molecule has 0 spiro atoms. The summed E-state index contributed by atoms with van der Waals surface area (Å²) in [7, 11) is -3.80. The van der Waals surface area contributed by atoms with Crippen LogP contribution in [-0.4, -0.2) is 43.4 Å². The number of aromatic amines is 1. The number of benzene rings is 3. The first-order valence-corrected chi connectivity index (χ1v) is 12.3. The molecular formula is C23H24ClN5O4S. The van der Waals surface area contributed by atoms with Gasteiger partial charge >= 0.3 is 0 Å². The molecule has 0 radical (unpaired) electrons. The lowest BCUT2D eigenvalue weighted by Crippen LogP contribution is -2.26. The van der Waals surface area contributed by atoms with Crippen molar-refractivity contribution in [3.63, 3.8) is 0 Å². The number of ether oxygens (including phenoxy) is 1. The molecule has 1 aromatic heterocycles. The number of hydrogen-bond donors (Lipinski definition) is 5. The SMILES string of the molecule is Nc1cccc(S(=O)(=O)Nc2cccc(C(O)CNCCOc3ccc4c(Cl)[nH]nc4c3)c2)c1. The zero-order valence-corrected chi connectivity index (χ0v) is 19.6. The molecule has 11 heteroatoms. The van der Waals surface area contributed by atoms with Crippen molar-refractivity contribution in [1.29, 1.82) is 0 Å². The molecule has 0 aliphatic heterocycles. The van der Waals surface area contributed by atoms with Crippen molar-refractivity contribution in [3.8, 4) is 5.75 Å². The smallest absolute Gasteiger partial charge is 0.261 e. The maximum atomic E-state index is 12.6. The van der Waals surface area contributed by atoms with E-state index in [1.54, 1.807) is 42.5 Å². The number of anilines is 2. The maximum Gasteiger partial charge on any atom is 0.261 e. The van der Waals surface area contributed by atoms with Crippen LogP contribution in [0.3, 0.4) is 0 Å². The van der Waals surface area contributed by atoms with E-state index in [-0.39, 0.29) is 11.4 Å². The van der Waals surface area contributed by atoms with E-state index in [2.05, 4.69) is 20.2 Å². The van der Waals surface area contributed by atoms with Crippen molar-refractivity contribution in [3.05, 3.63) is 77.4 Å². The van der Waals surface area contributed by atoms with E-state index >= 15 is 0 Å². The Balaban J connectivity index is 1.27. The van der Waals surface area contributed by atoms with Crippen LogP contribution in [0.4, 0.5) is 11.4 Å². The number of nitrogens with one attached hydrogen (secondary N) is 3. The molecule has 0 amide bonds. The second kappa shape index (κ2) is 10.3. The second-order valence-corrected chi connectivity index (χ2v) is 9.65. The van der Waals surface area contributed by atoms with Gasteiger partial charge in [0.2, 0.25) is 0 Å². The number of nitrogen functional groups attached to an aromatic ring is 1. The van der Waals surface area contributed by atoms with Crippen LogP contribution in [0.25, 0.3) is 10.9 Å². The Labute approximate surface area is 201 Å². The van der Waals surface area contributed by atoms with E-state index in [1.165, 1.54) is 12.1 Å². The summed E-state index contributed by atoms with van der Waals surface area (Å²) >= 11 is 5.99. The molecular weight excluding hydrogens is 478 g/mol. The van der Waals surface area contributed by atoms with Crippen LogP contribution >= 0.6 is 11.6 Å². The minimum absolute atomic E-state index is 0.0645. The normalized spacial score (nSPS) is 12.5. The highest BCUT2D eigenvalue weighted by Crippen LogP contribution is 2.24. The lowest BCUT2D eigenvalue weighted by molar-refractivity contribution is 0.172. The van der Waals surface area contributed by atoms with Gasteiger partial charge in [-0.15, -0.1) is 0 Å². The number of fused-ring (bicyclic) bond motifs is 1. The van der Waals surface area contributed by atoms with Crippen LogP contribution in [0, 0.1) is 0 Å². The summed E-state index contributed by atoms with van der Waals surface area (Å²) in [6, 6.07) is 18.1. The summed E-state index contributed by atoms with van der Waals surface area (Å²) < 4.78 is 33.4. The highest BCUT2D eigenvalue weighted by molar-refractivity contribution is 7.92. The highest BCUT2D eigenvalue weighted by atomic mass is 35.5. The fourth-order valence-electron chi connectivity index (χ4n) is 3.35.